The number of carbonyl (C=O) groups is 2. The highest BCUT2D eigenvalue weighted by atomic mass is 16.5. The Morgan fingerprint density at radius 3 is 2.34 bits per heavy atom. The molecule has 0 aromatic heterocycles. The van der Waals surface area contributed by atoms with Crippen LogP contribution in [0.1, 0.15) is 54.4 Å². The number of carbonyl (C=O) groups excluding carboxylic acids is 2. The van der Waals surface area contributed by atoms with Crippen molar-refractivity contribution in [1.29, 1.82) is 0 Å². The smallest absolute Gasteiger partial charge is 0.251 e. The topological polar surface area (TPSA) is 58.6 Å². The summed E-state index contributed by atoms with van der Waals surface area (Å²) in [7, 11) is 0. The third-order valence-electron chi connectivity index (χ3n) is 7.55. The van der Waals surface area contributed by atoms with Crippen molar-refractivity contribution in [2.75, 3.05) is 19.6 Å². The summed E-state index contributed by atoms with van der Waals surface area (Å²) in [4.78, 5) is 27.2. The molecule has 1 spiro atoms. The molecular weight excluding hydrogens is 400 g/mol. The number of nitrogens with one attached hydrogen (secondary N) is 1. The molecule has 5 rings (SSSR count). The molecule has 0 unspecified atom stereocenters. The fourth-order valence-electron chi connectivity index (χ4n) is 5.24. The van der Waals surface area contributed by atoms with E-state index in [9.17, 15) is 9.59 Å². The molecule has 2 amide bonds. The third kappa shape index (κ3) is 4.52. The molecule has 0 bridgehead atoms. The van der Waals surface area contributed by atoms with Gasteiger partial charge in [0, 0.05) is 44.0 Å². The first-order valence-corrected chi connectivity index (χ1v) is 12.0. The molecule has 32 heavy (non-hydrogen) atoms. The van der Waals surface area contributed by atoms with E-state index in [1.54, 1.807) is 0 Å². The molecule has 5 nitrogen and oxygen atoms in total. The predicted molar refractivity (Wildman–Crippen MR) is 124 cm³/mol. The highest BCUT2D eigenvalue weighted by Gasteiger charge is 2.61. The van der Waals surface area contributed by atoms with Crippen molar-refractivity contribution in [2.45, 2.75) is 51.0 Å². The first-order valence-electron chi connectivity index (χ1n) is 12.0. The van der Waals surface area contributed by atoms with Crippen LogP contribution in [-0.4, -0.2) is 42.5 Å². The summed E-state index contributed by atoms with van der Waals surface area (Å²) in [5, 5.41) is 2.97. The first-order chi connectivity index (χ1) is 15.6. The molecule has 0 radical (unpaired) electrons. The van der Waals surface area contributed by atoms with E-state index in [-0.39, 0.29) is 12.0 Å². The fourth-order valence-corrected chi connectivity index (χ4v) is 5.24. The van der Waals surface area contributed by atoms with Gasteiger partial charge in [-0.15, -0.1) is 0 Å². The molecule has 5 heteroatoms. The van der Waals surface area contributed by atoms with Gasteiger partial charge in [0.2, 0.25) is 5.91 Å². The van der Waals surface area contributed by atoms with Gasteiger partial charge in [-0.3, -0.25) is 9.59 Å². The summed E-state index contributed by atoms with van der Waals surface area (Å²) in [5.74, 6) is 1.40. The zero-order chi connectivity index (χ0) is 22.0. The van der Waals surface area contributed by atoms with Crippen LogP contribution in [0.3, 0.4) is 0 Å². The highest BCUT2D eigenvalue weighted by Crippen LogP contribution is 2.66. The maximum Gasteiger partial charge on any atom is 0.251 e. The molecule has 1 N–H and O–H groups in total. The van der Waals surface area contributed by atoms with E-state index in [1.165, 1.54) is 24.8 Å². The maximum atomic E-state index is 12.7. The Kier molecular flexibility index (Phi) is 5.90. The van der Waals surface area contributed by atoms with E-state index < -0.39 is 0 Å². The van der Waals surface area contributed by atoms with Crippen LogP contribution in [0.25, 0.3) is 0 Å². The second kappa shape index (κ2) is 8.97. The quantitative estimate of drug-likeness (QED) is 0.713. The van der Waals surface area contributed by atoms with Gasteiger partial charge in [-0.2, -0.15) is 0 Å². The number of benzene rings is 2. The molecule has 1 saturated heterocycles. The molecule has 2 saturated carbocycles. The Labute approximate surface area is 190 Å². The van der Waals surface area contributed by atoms with Gasteiger partial charge in [0.25, 0.3) is 5.91 Å². The maximum absolute atomic E-state index is 12.7. The lowest BCUT2D eigenvalue weighted by Crippen LogP contribution is -2.43. The summed E-state index contributed by atoms with van der Waals surface area (Å²) in [6.07, 6.45) is 7.61. The van der Waals surface area contributed by atoms with Crippen LogP contribution in [0.4, 0.5) is 0 Å². The zero-order valence-electron chi connectivity index (χ0n) is 18.6. The standard InChI is InChI=1S/C27H32N2O3/c30-25(28-16-11-20-5-2-1-3-6-20)21-7-9-22(10-8-21)32-23-12-17-29(18-13-23)26(31)24-19-27(24)14-4-15-27/h1-3,5-10,23-24H,4,11-19H2,(H,28,30)/t24-/m0/s1. The minimum atomic E-state index is -0.0661. The molecule has 1 aliphatic heterocycles. The van der Waals surface area contributed by atoms with Crippen molar-refractivity contribution in [3.63, 3.8) is 0 Å². The van der Waals surface area contributed by atoms with E-state index in [0.29, 0.717) is 29.3 Å². The molecule has 1 atom stereocenters. The Bertz CT molecular complexity index is 945. The number of hydrogen-bond acceptors (Lipinski definition) is 3. The van der Waals surface area contributed by atoms with Gasteiger partial charge in [0.05, 0.1) is 0 Å². The van der Waals surface area contributed by atoms with Crippen LogP contribution in [0.5, 0.6) is 5.75 Å². The van der Waals surface area contributed by atoms with E-state index in [0.717, 1.165) is 44.5 Å². The normalized spacial score (nSPS) is 21.6. The molecule has 2 aromatic rings. The molecule has 2 aromatic carbocycles. The van der Waals surface area contributed by atoms with Crippen molar-refractivity contribution in [3.05, 3.63) is 65.7 Å². The second-order valence-electron chi connectivity index (χ2n) is 9.63. The summed E-state index contributed by atoms with van der Waals surface area (Å²) in [6, 6.07) is 17.5. The fraction of sp³-hybridized carbons (Fsp3) is 0.481. The van der Waals surface area contributed by atoms with Gasteiger partial charge in [-0.1, -0.05) is 36.8 Å². The number of rotatable bonds is 7. The number of nitrogens with zero attached hydrogens (tertiary/aromatic N) is 1. The SMILES string of the molecule is O=C(NCCc1ccccc1)c1ccc(OC2CCN(C(=O)[C@@H]3CC34CCC4)CC2)cc1. The summed E-state index contributed by atoms with van der Waals surface area (Å²) < 4.78 is 6.14. The van der Waals surface area contributed by atoms with Gasteiger partial charge >= 0.3 is 0 Å². The molecule has 1 heterocycles. The van der Waals surface area contributed by atoms with Crippen molar-refractivity contribution >= 4 is 11.8 Å². The van der Waals surface area contributed by atoms with Gasteiger partial charge in [-0.05, 0) is 60.9 Å². The van der Waals surface area contributed by atoms with E-state index in [4.69, 9.17) is 4.74 Å². The minimum absolute atomic E-state index is 0.0661. The second-order valence-corrected chi connectivity index (χ2v) is 9.63. The average Bonchev–Trinajstić information content (AvgIpc) is 3.57. The Morgan fingerprint density at radius 2 is 1.72 bits per heavy atom. The number of piperidine rings is 1. The molecule has 3 fully saturated rings. The van der Waals surface area contributed by atoms with Gasteiger partial charge in [0.15, 0.2) is 0 Å². The lowest BCUT2D eigenvalue weighted by Gasteiger charge is -2.34. The van der Waals surface area contributed by atoms with Gasteiger partial charge in [0.1, 0.15) is 11.9 Å². The summed E-state index contributed by atoms with van der Waals surface area (Å²) in [6.45, 7) is 2.19. The first kappa shape index (κ1) is 21.0. The average molecular weight is 433 g/mol. The van der Waals surface area contributed by atoms with Gasteiger partial charge < -0.3 is 15.0 Å². The summed E-state index contributed by atoms with van der Waals surface area (Å²) >= 11 is 0. The summed E-state index contributed by atoms with van der Waals surface area (Å²) in [5.41, 5.74) is 2.25. The largest absolute Gasteiger partial charge is 0.490 e. The lowest BCUT2D eigenvalue weighted by molar-refractivity contribution is -0.135. The van der Waals surface area contributed by atoms with Crippen LogP contribution >= 0.6 is 0 Å². The molecule has 3 aliphatic rings. The van der Waals surface area contributed by atoms with Crippen LogP contribution in [0.2, 0.25) is 0 Å². The number of likely N-dealkylation sites (tertiary alicyclic amines) is 1. The lowest BCUT2D eigenvalue weighted by atomic mass is 9.79. The van der Waals surface area contributed by atoms with Crippen LogP contribution in [0, 0.1) is 11.3 Å². The van der Waals surface area contributed by atoms with Crippen LogP contribution < -0.4 is 10.1 Å². The molecular formula is C27H32N2O3. The van der Waals surface area contributed by atoms with E-state index >= 15 is 0 Å². The van der Waals surface area contributed by atoms with Crippen LogP contribution in [0.15, 0.2) is 54.6 Å². The minimum Gasteiger partial charge on any atom is -0.490 e. The van der Waals surface area contributed by atoms with E-state index in [1.807, 2.05) is 42.5 Å². The predicted octanol–water partition coefficient (Wildman–Crippen LogP) is 4.22. The van der Waals surface area contributed by atoms with Gasteiger partial charge in [-0.25, -0.2) is 0 Å². The van der Waals surface area contributed by atoms with Crippen molar-refractivity contribution in [2.24, 2.45) is 11.3 Å². The highest BCUT2D eigenvalue weighted by molar-refractivity contribution is 5.94. The van der Waals surface area contributed by atoms with E-state index in [2.05, 4.69) is 22.3 Å². The number of hydrogen-bond donors (Lipinski definition) is 1. The Hall–Kier alpha value is -2.82. The number of ether oxygens (including phenoxy) is 1. The number of amides is 2. The van der Waals surface area contributed by atoms with Crippen molar-refractivity contribution in [3.8, 4) is 5.75 Å². The van der Waals surface area contributed by atoms with Crippen LogP contribution in [-0.2, 0) is 11.2 Å². The molecule has 168 valence electrons. The molecule has 2 aliphatic carbocycles. The zero-order valence-corrected chi connectivity index (χ0v) is 18.6. The monoisotopic (exact) mass is 432 g/mol. The van der Waals surface area contributed by atoms with Crippen molar-refractivity contribution in [1.82, 2.24) is 10.2 Å². The Morgan fingerprint density at radius 1 is 1.00 bits per heavy atom. The Balaban J connectivity index is 1.04. The third-order valence-corrected chi connectivity index (χ3v) is 7.55. The van der Waals surface area contributed by atoms with Crippen molar-refractivity contribution < 1.29 is 14.3 Å².